The minimum atomic E-state index is -0.121. The predicted octanol–water partition coefficient (Wildman–Crippen LogP) is 3.51. The molecular formula is C17H18N2O. The summed E-state index contributed by atoms with van der Waals surface area (Å²) in [6.07, 6.45) is 2.39. The van der Waals surface area contributed by atoms with E-state index in [0.29, 0.717) is 0 Å². The van der Waals surface area contributed by atoms with Crippen LogP contribution in [-0.2, 0) is 0 Å². The van der Waals surface area contributed by atoms with Gasteiger partial charge in [-0.1, -0.05) is 18.2 Å². The second-order valence-corrected chi connectivity index (χ2v) is 5.25. The second-order valence-electron chi connectivity index (χ2n) is 5.25. The zero-order chi connectivity index (χ0) is 13.9. The molecule has 0 amide bonds. The molecule has 0 saturated carbocycles. The first-order valence-electron chi connectivity index (χ1n) is 7.03. The summed E-state index contributed by atoms with van der Waals surface area (Å²) in [4.78, 5) is 2.27. The predicted molar refractivity (Wildman–Crippen MR) is 79.7 cm³/mol. The third kappa shape index (κ3) is 2.35. The van der Waals surface area contributed by atoms with Crippen LogP contribution in [0.4, 0.5) is 0 Å². The van der Waals surface area contributed by atoms with Crippen LogP contribution >= 0.6 is 0 Å². The zero-order valence-electron chi connectivity index (χ0n) is 11.7. The van der Waals surface area contributed by atoms with E-state index in [4.69, 9.17) is 4.74 Å². The fraction of sp³-hybridized carbons (Fsp3) is 0.353. The van der Waals surface area contributed by atoms with Crippen LogP contribution in [0, 0.1) is 11.3 Å². The van der Waals surface area contributed by atoms with Crippen LogP contribution in [0.15, 0.2) is 36.4 Å². The Bertz CT molecular complexity index is 654. The lowest BCUT2D eigenvalue weighted by molar-refractivity contribution is 0.294. The topological polar surface area (TPSA) is 36.3 Å². The van der Waals surface area contributed by atoms with Gasteiger partial charge in [-0.2, -0.15) is 5.26 Å². The first-order valence-corrected chi connectivity index (χ1v) is 7.03. The standard InChI is InChI=1S/C17H18N2O/c1-20-16-7-6-13-10-15(5-4-14(13)11-16)17(12-18)19-8-2-3-9-19/h4-7,10-11,17H,2-3,8-9H2,1H3. The monoisotopic (exact) mass is 266 g/mol. The number of nitrogens with zero attached hydrogens (tertiary/aromatic N) is 2. The molecule has 3 nitrogen and oxygen atoms in total. The Balaban J connectivity index is 1.97. The summed E-state index contributed by atoms with van der Waals surface area (Å²) in [6.45, 7) is 2.05. The van der Waals surface area contributed by atoms with Gasteiger partial charge in [-0.05, 0) is 60.5 Å². The van der Waals surface area contributed by atoms with Gasteiger partial charge in [0, 0.05) is 0 Å². The van der Waals surface area contributed by atoms with Crippen molar-refractivity contribution in [3.05, 3.63) is 42.0 Å². The molecule has 0 radical (unpaired) electrons. The maximum absolute atomic E-state index is 9.48. The third-order valence-electron chi connectivity index (χ3n) is 4.02. The van der Waals surface area contributed by atoms with Crippen LogP contribution in [0.3, 0.4) is 0 Å². The summed E-state index contributed by atoms with van der Waals surface area (Å²) in [7, 11) is 1.68. The Kier molecular flexibility index (Phi) is 3.58. The molecule has 1 heterocycles. The van der Waals surface area contributed by atoms with Gasteiger partial charge in [0.05, 0.1) is 13.2 Å². The largest absolute Gasteiger partial charge is 0.497 e. The summed E-state index contributed by atoms with van der Waals surface area (Å²) >= 11 is 0. The Morgan fingerprint density at radius 2 is 1.80 bits per heavy atom. The number of methoxy groups -OCH3 is 1. The lowest BCUT2D eigenvalue weighted by Crippen LogP contribution is -2.24. The van der Waals surface area contributed by atoms with Crippen LogP contribution in [0.25, 0.3) is 10.8 Å². The van der Waals surface area contributed by atoms with E-state index in [1.54, 1.807) is 7.11 Å². The molecule has 0 aromatic heterocycles. The number of benzene rings is 2. The minimum absolute atomic E-state index is 0.121. The molecule has 20 heavy (non-hydrogen) atoms. The summed E-state index contributed by atoms with van der Waals surface area (Å²) in [5.41, 5.74) is 1.09. The molecule has 1 atom stereocenters. The SMILES string of the molecule is COc1ccc2cc(C(C#N)N3CCCC3)ccc2c1. The maximum Gasteiger partial charge on any atom is 0.123 e. The van der Waals surface area contributed by atoms with Crippen LogP contribution in [-0.4, -0.2) is 25.1 Å². The average Bonchev–Trinajstić information content (AvgIpc) is 3.01. The highest BCUT2D eigenvalue weighted by atomic mass is 16.5. The van der Waals surface area contributed by atoms with E-state index in [9.17, 15) is 5.26 Å². The Hall–Kier alpha value is -2.05. The van der Waals surface area contributed by atoms with Crippen LogP contribution < -0.4 is 4.74 Å². The molecule has 3 heteroatoms. The van der Waals surface area contributed by atoms with Crippen molar-refractivity contribution in [2.45, 2.75) is 18.9 Å². The van der Waals surface area contributed by atoms with E-state index in [1.807, 2.05) is 12.1 Å². The fourth-order valence-corrected chi connectivity index (χ4v) is 2.91. The summed E-state index contributed by atoms with van der Waals surface area (Å²) in [5, 5.41) is 11.8. The summed E-state index contributed by atoms with van der Waals surface area (Å²) < 4.78 is 5.24. The molecule has 0 bridgehead atoms. The van der Waals surface area contributed by atoms with Gasteiger partial charge >= 0.3 is 0 Å². The normalized spacial score (nSPS) is 17.0. The summed E-state index contributed by atoms with van der Waals surface area (Å²) in [5.74, 6) is 0.863. The second kappa shape index (κ2) is 5.52. The lowest BCUT2D eigenvalue weighted by Gasteiger charge is -2.21. The number of hydrogen-bond acceptors (Lipinski definition) is 3. The fourth-order valence-electron chi connectivity index (χ4n) is 2.91. The Morgan fingerprint density at radius 1 is 1.10 bits per heavy atom. The third-order valence-corrected chi connectivity index (χ3v) is 4.02. The van der Waals surface area contributed by atoms with Gasteiger partial charge in [-0.3, -0.25) is 4.90 Å². The van der Waals surface area contributed by atoms with Gasteiger partial charge < -0.3 is 4.74 Å². The van der Waals surface area contributed by atoms with Crippen LogP contribution in [0.5, 0.6) is 5.75 Å². The van der Waals surface area contributed by atoms with Gasteiger partial charge in [-0.15, -0.1) is 0 Å². The van der Waals surface area contributed by atoms with E-state index in [2.05, 4.69) is 35.2 Å². The van der Waals surface area contributed by atoms with Crippen molar-refractivity contribution in [3.63, 3.8) is 0 Å². The van der Waals surface area contributed by atoms with Crippen LogP contribution in [0.1, 0.15) is 24.4 Å². The molecule has 2 aromatic carbocycles. The van der Waals surface area contributed by atoms with Crippen LogP contribution in [0.2, 0.25) is 0 Å². The van der Waals surface area contributed by atoms with E-state index in [0.717, 1.165) is 35.2 Å². The van der Waals surface area contributed by atoms with E-state index in [-0.39, 0.29) is 6.04 Å². The van der Waals surface area contributed by atoms with Gasteiger partial charge in [0.15, 0.2) is 0 Å². The van der Waals surface area contributed by atoms with Gasteiger partial charge in [0.2, 0.25) is 0 Å². The van der Waals surface area contributed by atoms with Crippen molar-refractivity contribution in [1.82, 2.24) is 4.90 Å². The molecule has 1 unspecified atom stereocenters. The van der Waals surface area contributed by atoms with Crippen molar-refractivity contribution < 1.29 is 4.74 Å². The summed E-state index contributed by atoms with van der Waals surface area (Å²) in [6, 6.07) is 14.6. The van der Waals surface area contributed by atoms with E-state index < -0.39 is 0 Å². The molecular weight excluding hydrogens is 248 g/mol. The molecule has 0 spiro atoms. The first-order chi connectivity index (χ1) is 9.81. The maximum atomic E-state index is 9.48. The lowest BCUT2D eigenvalue weighted by atomic mass is 10.0. The molecule has 0 N–H and O–H groups in total. The molecule has 1 fully saturated rings. The van der Waals surface area contributed by atoms with E-state index in [1.165, 1.54) is 12.8 Å². The number of hydrogen-bond donors (Lipinski definition) is 0. The van der Waals surface area contributed by atoms with Gasteiger partial charge in [-0.25, -0.2) is 0 Å². The highest BCUT2D eigenvalue weighted by Crippen LogP contribution is 2.28. The van der Waals surface area contributed by atoms with Crippen molar-refractivity contribution in [3.8, 4) is 11.8 Å². The Morgan fingerprint density at radius 3 is 2.50 bits per heavy atom. The number of rotatable bonds is 3. The molecule has 1 saturated heterocycles. The number of fused-ring (bicyclic) bond motifs is 1. The van der Waals surface area contributed by atoms with Crippen molar-refractivity contribution >= 4 is 10.8 Å². The highest BCUT2D eigenvalue weighted by Gasteiger charge is 2.23. The number of ether oxygens (including phenoxy) is 1. The molecule has 1 aliphatic rings. The average molecular weight is 266 g/mol. The van der Waals surface area contributed by atoms with E-state index >= 15 is 0 Å². The smallest absolute Gasteiger partial charge is 0.123 e. The number of nitriles is 1. The van der Waals surface area contributed by atoms with Crippen molar-refractivity contribution in [1.29, 1.82) is 5.26 Å². The highest BCUT2D eigenvalue weighted by molar-refractivity contribution is 5.84. The zero-order valence-corrected chi connectivity index (χ0v) is 11.7. The minimum Gasteiger partial charge on any atom is -0.497 e. The molecule has 102 valence electrons. The molecule has 1 aliphatic heterocycles. The van der Waals surface area contributed by atoms with Gasteiger partial charge in [0.25, 0.3) is 0 Å². The van der Waals surface area contributed by atoms with Crippen molar-refractivity contribution in [2.24, 2.45) is 0 Å². The molecule has 2 aromatic rings. The molecule has 3 rings (SSSR count). The Labute approximate surface area is 119 Å². The number of likely N-dealkylation sites (tertiary alicyclic amines) is 1. The first kappa shape index (κ1) is 13.0. The van der Waals surface area contributed by atoms with Gasteiger partial charge in [0.1, 0.15) is 11.8 Å². The molecule has 0 aliphatic carbocycles. The quantitative estimate of drug-likeness (QED) is 0.853. The van der Waals surface area contributed by atoms with Crippen molar-refractivity contribution in [2.75, 3.05) is 20.2 Å².